The van der Waals surface area contributed by atoms with Crippen LogP contribution < -0.4 is 9.84 Å². The van der Waals surface area contributed by atoms with E-state index in [2.05, 4.69) is 0 Å². The Bertz CT molecular complexity index is 790. The maximum atomic E-state index is 13.7. The lowest BCUT2D eigenvalue weighted by atomic mass is 10.1. The molecule has 0 atom stereocenters. The van der Waals surface area contributed by atoms with Gasteiger partial charge in [-0.3, -0.25) is 0 Å². The minimum absolute atomic E-state index is 0.0232. The fourth-order valence-corrected chi connectivity index (χ4v) is 2.50. The van der Waals surface area contributed by atoms with Gasteiger partial charge in [0, 0.05) is 11.1 Å². The lowest BCUT2D eigenvalue weighted by Crippen LogP contribution is -2.19. The molecular formula is C19H18Cl2FO3-. The highest BCUT2D eigenvalue weighted by molar-refractivity contribution is 6.38. The van der Waals surface area contributed by atoms with E-state index in [1.165, 1.54) is 26.2 Å². The molecule has 0 bridgehead atoms. The van der Waals surface area contributed by atoms with Gasteiger partial charge >= 0.3 is 0 Å². The molecule has 1 rings (SSSR count). The molecule has 0 spiro atoms. The minimum atomic E-state index is -1.44. The quantitative estimate of drug-likeness (QED) is 0.522. The Labute approximate surface area is 156 Å². The van der Waals surface area contributed by atoms with Gasteiger partial charge in [-0.15, -0.1) is 0 Å². The topological polar surface area (TPSA) is 49.4 Å². The van der Waals surface area contributed by atoms with E-state index in [1.807, 2.05) is 6.92 Å². The number of rotatable bonds is 6. The highest BCUT2D eigenvalue weighted by Gasteiger charge is 2.11. The van der Waals surface area contributed by atoms with Gasteiger partial charge in [-0.1, -0.05) is 47.0 Å². The zero-order valence-corrected chi connectivity index (χ0v) is 15.8. The van der Waals surface area contributed by atoms with Crippen LogP contribution in [-0.4, -0.2) is 13.1 Å². The Morgan fingerprint density at radius 2 is 1.92 bits per heavy atom. The second-order valence-electron chi connectivity index (χ2n) is 5.32. The van der Waals surface area contributed by atoms with Crippen molar-refractivity contribution in [1.82, 2.24) is 0 Å². The summed E-state index contributed by atoms with van der Waals surface area (Å²) < 4.78 is 18.9. The normalized spacial score (nSPS) is 13.5. The number of carboxylic acids is 1. The molecule has 0 saturated carbocycles. The van der Waals surface area contributed by atoms with Crippen molar-refractivity contribution < 1.29 is 19.0 Å². The maximum Gasteiger partial charge on any atom is 0.126 e. The number of allylic oxidation sites excluding steroid dienone is 6. The Hall–Kier alpha value is -2.04. The number of carbonyl (C=O) groups excluding carboxylic acids is 1. The fraction of sp³-hybridized carbons (Fsp3) is 0.211. The van der Waals surface area contributed by atoms with Crippen molar-refractivity contribution in [2.24, 2.45) is 0 Å². The Morgan fingerprint density at radius 1 is 1.28 bits per heavy atom. The number of carbonyl (C=O) groups is 1. The van der Waals surface area contributed by atoms with Gasteiger partial charge in [0.05, 0.1) is 23.1 Å². The second-order valence-corrected chi connectivity index (χ2v) is 6.10. The summed E-state index contributed by atoms with van der Waals surface area (Å²) in [5.41, 5.74) is 2.09. The first-order chi connectivity index (χ1) is 11.7. The average molecular weight is 384 g/mol. The van der Waals surface area contributed by atoms with E-state index < -0.39 is 11.8 Å². The first-order valence-electron chi connectivity index (χ1n) is 7.31. The molecule has 6 heteroatoms. The molecule has 0 N–H and O–H groups in total. The highest BCUT2D eigenvalue weighted by atomic mass is 35.5. The zero-order valence-electron chi connectivity index (χ0n) is 14.3. The molecule has 0 saturated heterocycles. The van der Waals surface area contributed by atoms with E-state index in [-0.39, 0.29) is 5.57 Å². The largest absolute Gasteiger partial charge is 0.545 e. The smallest absolute Gasteiger partial charge is 0.126 e. The SMILES string of the molecule is COc1cc(Cl)c(/C=C/C(C)=C/C=C(F)/C(C)=C/C(=O)[O-])c(Cl)c1C. The Kier molecular flexibility index (Phi) is 7.94. The van der Waals surface area contributed by atoms with Gasteiger partial charge in [-0.2, -0.15) is 0 Å². The van der Waals surface area contributed by atoms with Crippen molar-refractivity contribution in [3.63, 3.8) is 0 Å². The third-order valence-electron chi connectivity index (χ3n) is 3.39. The number of ether oxygens (including phenoxy) is 1. The van der Waals surface area contributed by atoms with Crippen LogP contribution in [0.1, 0.15) is 25.0 Å². The van der Waals surface area contributed by atoms with E-state index in [0.29, 0.717) is 27.4 Å². The minimum Gasteiger partial charge on any atom is -0.545 e. The van der Waals surface area contributed by atoms with Crippen LogP contribution in [0.2, 0.25) is 10.0 Å². The lowest BCUT2D eigenvalue weighted by molar-refractivity contribution is -0.297. The first-order valence-corrected chi connectivity index (χ1v) is 8.07. The van der Waals surface area contributed by atoms with Gasteiger partial charge in [0.2, 0.25) is 0 Å². The molecule has 0 heterocycles. The third-order valence-corrected chi connectivity index (χ3v) is 4.19. The molecule has 1 aromatic rings. The van der Waals surface area contributed by atoms with Gasteiger partial charge in [0.15, 0.2) is 0 Å². The maximum absolute atomic E-state index is 13.7. The van der Waals surface area contributed by atoms with Gasteiger partial charge in [0.1, 0.15) is 11.6 Å². The van der Waals surface area contributed by atoms with Crippen molar-refractivity contribution in [2.75, 3.05) is 7.11 Å². The number of halogens is 3. The monoisotopic (exact) mass is 383 g/mol. The molecule has 25 heavy (non-hydrogen) atoms. The lowest BCUT2D eigenvalue weighted by Gasteiger charge is -2.10. The standard InChI is InChI=1S/C19H19Cl2FO3/c1-11(6-8-16(22)12(2)9-18(23)24)5-7-14-15(20)10-17(25-4)13(3)19(14)21/h5-10H,1-4H3,(H,23,24)/p-1/b7-5+,11-6+,12-9+,16-8-. The zero-order chi connectivity index (χ0) is 19.1. The molecule has 0 aliphatic rings. The molecule has 0 aliphatic heterocycles. The summed E-state index contributed by atoms with van der Waals surface area (Å²) in [5.74, 6) is -1.51. The van der Waals surface area contributed by atoms with E-state index in [0.717, 1.165) is 11.1 Å². The average Bonchev–Trinajstić information content (AvgIpc) is 2.54. The predicted octanol–water partition coefficient (Wildman–Crippen LogP) is 4.82. The molecule has 0 aliphatic carbocycles. The summed E-state index contributed by atoms with van der Waals surface area (Å²) in [6, 6.07) is 1.68. The van der Waals surface area contributed by atoms with Crippen molar-refractivity contribution >= 4 is 35.2 Å². The summed E-state index contributed by atoms with van der Waals surface area (Å²) in [7, 11) is 1.54. The number of aliphatic carboxylic acids is 1. The van der Waals surface area contributed by atoms with Crippen LogP contribution >= 0.6 is 23.2 Å². The number of carboxylic acid groups (broad SMARTS) is 1. The summed E-state index contributed by atoms with van der Waals surface area (Å²) in [5, 5.41) is 11.3. The van der Waals surface area contributed by atoms with Crippen LogP contribution in [0.5, 0.6) is 5.75 Å². The number of benzene rings is 1. The summed E-state index contributed by atoms with van der Waals surface area (Å²) in [4.78, 5) is 10.4. The van der Waals surface area contributed by atoms with Crippen LogP contribution in [-0.2, 0) is 4.79 Å². The summed E-state index contributed by atoms with van der Waals surface area (Å²) >= 11 is 12.5. The predicted molar refractivity (Wildman–Crippen MR) is 98.5 cm³/mol. The summed E-state index contributed by atoms with van der Waals surface area (Å²) in [6.45, 7) is 4.93. The van der Waals surface area contributed by atoms with E-state index >= 15 is 0 Å². The first kappa shape index (κ1) is 21.0. The Balaban J connectivity index is 3.06. The van der Waals surface area contributed by atoms with Crippen LogP contribution in [0, 0.1) is 6.92 Å². The van der Waals surface area contributed by atoms with Crippen LogP contribution in [0.15, 0.2) is 47.3 Å². The molecular weight excluding hydrogens is 366 g/mol. The number of hydrogen-bond acceptors (Lipinski definition) is 3. The van der Waals surface area contributed by atoms with E-state index in [4.69, 9.17) is 27.9 Å². The van der Waals surface area contributed by atoms with Crippen molar-refractivity contribution in [3.05, 3.63) is 68.5 Å². The van der Waals surface area contributed by atoms with Gasteiger partial charge < -0.3 is 14.6 Å². The second kappa shape index (κ2) is 9.44. The van der Waals surface area contributed by atoms with Gasteiger partial charge in [-0.25, -0.2) is 4.39 Å². The van der Waals surface area contributed by atoms with Crippen LogP contribution in [0.25, 0.3) is 6.08 Å². The molecule has 0 fully saturated rings. The van der Waals surface area contributed by atoms with Crippen molar-refractivity contribution in [2.45, 2.75) is 20.8 Å². The molecule has 0 amide bonds. The van der Waals surface area contributed by atoms with E-state index in [1.54, 1.807) is 25.1 Å². The molecule has 3 nitrogen and oxygen atoms in total. The van der Waals surface area contributed by atoms with Crippen molar-refractivity contribution in [1.29, 1.82) is 0 Å². The van der Waals surface area contributed by atoms with Crippen LogP contribution in [0.3, 0.4) is 0 Å². The molecule has 1 aromatic carbocycles. The number of methoxy groups -OCH3 is 1. The van der Waals surface area contributed by atoms with E-state index in [9.17, 15) is 14.3 Å². The fourth-order valence-electron chi connectivity index (χ4n) is 1.93. The van der Waals surface area contributed by atoms with Gasteiger partial charge in [-0.05, 0) is 44.6 Å². The highest BCUT2D eigenvalue weighted by Crippen LogP contribution is 2.35. The number of hydrogen-bond donors (Lipinski definition) is 0. The van der Waals surface area contributed by atoms with Crippen LogP contribution in [0.4, 0.5) is 4.39 Å². The molecule has 134 valence electrons. The molecule has 0 radical (unpaired) electrons. The van der Waals surface area contributed by atoms with Crippen molar-refractivity contribution in [3.8, 4) is 5.75 Å². The Morgan fingerprint density at radius 3 is 2.48 bits per heavy atom. The molecule has 0 aromatic heterocycles. The third kappa shape index (κ3) is 6.07. The molecule has 0 unspecified atom stereocenters. The summed E-state index contributed by atoms with van der Waals surface area (Å²) in [6.07, 6.45) is 6.83. The van der Waals surface area contributed by atoms with Gasteiger partial charge in [0.25, 0.3) is 0 Å².